The molecule has 0 radical (unpaired) electrons. The maximum Gasteiger partial charge on any atom is 0.381 e. The van der Waals surface area contributed by atoms with Gasteiger partial charge in [-0.3, -0.25) is 4.79 Å². The van der Waals surface area contributed by atoms with E-state index in [2.05, 4.69) is 15.3 Å². The van der Waals surface area contributed by atoms with Gasteiger partial charge in [-0.25, -0.2) is 4.98 Å². The second kappa shape index (κ2) is 7.22. The number of amides is 1. The molecule has 0 unspecified atom stereocenters. The molecule has 0 aliphatic heterocycles. The summed E-state index contributed by atoms with van der Waals surface area (Å²) in [6, 6.07) is 7.57. The Morgan fingerprint density at radius 1 is 1.40 bits per heavy atom. The molecule has 1 amide bonds. The average molecular weight is 357 g/mol. The highest BCUT2D eigenvalue weighted by atomic mass is 32.1. The molecule has 0 spiro atoms. The second-order valence-electron chi connectivity index (χ2n) is 5.43. The maximum absolute atomic E-state index is 12.1. The third kappa shape index (κ3) is 4.27. The minimum absolute atomic E-state index is 0.131. The number of anilines is 1. The molecular formula is C16H15N5O3S. The van der Waals surface area contributed by atoms with Gasteiger partial charge in [0, 0.05) is 11.1 Å². The monoisotopic (exact) mass is 357 g/mol. The van der Waals surface area contributed by atoms with E-state index in [1.165, 1.54) is 23.9 Å². The molecule has 2 heterocycles. The van der Waals surface area contributed by atoms with Crippen molar-refractivity contribution in [2.45, 2.75) is 19.9 Å². The van der Waals surface area contributed by atoms with Crippen LogP contribution in [-0.2, 0) is 17.8 Å². The number of carbonyl (C=O) groups excluding carboxylic acids is 1. The number of para-hydroxylation sites is 1. The number of carbonyl (C=O) groups is 1. The zero-order valence-corrected chi connectivity index (χ0v) is 14.2. The number of hydrogen-bond donors (Lipinski definition) is 1. The molecule has 2 aromatic heterocycles. The van der Waals surface area contributed by atoms with Gasteiger partial charge in [-0.1, -0.05) is 18.2 Å². The minimum Gasteiger partial charge on any atom is -0.358 e. The summed E-state index contributed by atoms with van der Waals surface area (Å²) in [5, 5.41) is 16.0. The van der Waals surface area contributed by atoms with Gasteiger partial charge in [0.25, 0.3) is 0 Å². The molecule has 0 aliphatic carbocycles. The lowest BCUT2D eigenvalue weighted by atomic mass is 10.2. The van der Waals surface area contributed by atoms with E-state index in [9.17, 15) is 14.9 Å². The van der Waals surface area contributed by atoms with Crippen molar-refractivity contribution in [3.63, 3.8) is 0 Å². The summed E-state index contributed by atoms with van der Waals surface area (Å²) in [6.45, 7) is 2.30. The van der Waals surface area contributed by atoms with E-state index >= 15 is 0 Å². The fraction of sp³-hybridized carbons (Fsp3) is 0.188. The Labute approximate surface area is 147 Å². The highest BCUT2D eigenvalue weighted by Gasteiger charge is 2.12. The van der Waals surface area contributed by atoms with E-state index in [1.54, 1.807) is 4.57 Å². The van der Waals surface area contributed by atoms with Crippen LogP contribution in [0.2, 0.25) is 0 Å². The van der Waals surface area contributed by atoms with Crippen molar-refractivity contribution < 1.29 is 9.72 Å². The quantitative estimate of drug-likeness (QED) is 0.540. The first-order valence-corrected chi connectivity index (χ1v) is 8.34. The number of nitro groups is 1. The van der Waals surface area contributed by atoms with E-state index in [-0.39, 0.29) is 18.1 Å². The third-order valence-electron chi connectivity index (χ3n) is 3.48. The number of hydrogen-bond acceptors (Lipinski definition) is 6. The lowest BCUT2D eigenvalue weighted by molar-refractivity contribution is -0.389. The number of thiazole rings is 1. The van der Waals surface area contributed by atoms with Crippen LogP contribution in [0, 0.1) is 17.0 Å². The Morgan fingerprint density at radius 2 is 2.20 bits per heavy atom. The molecule has 9 heteroatoms. The lowest BCUT2D eigenvalue weighted by Gasteiger charge is -2.06. The summed E-state index contributed by atoms with van der Waals surface area (Å²) in [5.41, 5.74) is 2.52. The van der Waals surface area contributed by atoms with Crippen molar-refractivity contribution in [3.8, 4) is 0 Å². The number of nitrogens with one attached hydrogen (secondary N) is 1. The molecule has 0 fully saturated rings. The molecule has 0 saturated carbocycles. The predicted octanol–water partition coefficient (Wildman–Crippen LogP) is 2.79. The van der Waals surface area contributed by atoms with Gasteiger partial charge >= 0.3 is 5.82 Å². The van der Waals surface area contributed by atoms with Crippen molar-refractivity contribution >= 4 is 28.7 Å². The molecular weight excluding hydrogens is 342 g/mol. The van der Waals surface area contributed by atoms with E-state index in [0.29, 0.717) is 11.6 Å². The summed E-state index contributed by atoms with van der Waals surface area (Å²) in [7, 11) is 0. The van der Waals surface area contributed by atoms with Crippen LogP contribution in [0.25, 0.3) is 0 Å². The molecule has 25 heavy (non-hydrogen) atoms. The minimum atomic E-state index is -0.543. The smallest absolute Gasteiger partial charge is 0.358 e. The summed E-state index contributed by atoms with van der Waals surface area (Å²) in [4.78, 5) is 30.3. The van der Waals surface area contributed by atoms with Crippen LogP contribution in [0.5, 0.6) is 0 Å². The molecule has 0 bridgehead atoms. The first kappa shape index (κ1) is 16.8. The van der Waals surface area contributed by atoms with E-state index < -0.39 is 4.92 Å². The van der Waals surface area contributed by atoms with Gasteiger partial charge in [0.05, 0.1) is 18.7 Å². The van der Waals surface area contributed by atoms with Crippen molar-refractivity contribution in [3.05, 3.63) is 68.5 Å². The standard InChI is InChI=1S/C16H15N5O3S/c1-11-4-2-3-5-13(11)19-15(22)6-16-18-12(9-25-16)7-20-8-14(17-10-20)21(23)24/h2-5,8-10H,6-7H2,1H3,(H,19,22). The number of aromatic nitrogens is 3. The van der Waals surface area contributed by atoms with Gasteiger partial charge in [0.15, 0.2) is 0 Å². The van der Waals surface area contributed by atoms with Gasteiger partial charge in [0.1, 0.15) is 11.2 Å². The molecule has 0 atom stereocenters. The Balaban J connectivity index is 1.60. The zero-order chi connectivity index (χ0) is 17.8. The van der Waals surface area contributed by atoms with Crippen LogP contribution in [0.4, 0.5) is 11.5 Å². The molecule has 3 rings (SSSR count). The Hall–Kier alpha value is -3.07. The normalized spacial score (nSPS) is 10.6. The fourth-order valence-corrected chi connectivity index (χ4v) is 3.05. The Bertz CT molecular complexity index is 918. The largest absolute Gasteiger partial charge is 0.381 e. The SMILES string of the molecule is Cc1ccccc1NC(=O)Cc1nc(Cn2cnc([N+](=O)[O-])c2)cs1. The van der Waals surface area contributed by atoms with E-state index in [0.717, 1.165) is 16.9 Å². The summed E-state index contributed by atoms with van der Waals surface area (Å²) < 4.78 is 1.59. The Morgan fingerprint density at radius 3 is 2.92 bits per heavy atom. The summed E-state index contributed by atoms with van der Waals surface area (Å²) >= 11 is 1.39. The molecule has 0 aliphatic rings. The predicted molar refractivity (Wildman–Crippen MR) is 93.6 cm³/mol. The molecule has 1 aromatic carbocycles. The molecule has 3 aromatic rings. The van der Waals surface area contributed by atoms with Crippen LogP contribution < -0.4 is 5.32 Å². The van der Waals surface area contributed by atoms with Crippen molar-refractivity contribution in [1.82, 2.24) is 14.5 Å². The van der Waals surface area contributed by atoms with Crippen molar-refractivity contribution in [1.29, 1.82) is 0 Å². The maximum atomic E-state index is 12.1. The molecule has 8 nitrogen and oxygen atoms in total. The second-order valence-corrected chi connectivity index (χ2v) is 6.38. The highest BCUT2D eigenvalue weighted by molar-refractivity contribution is 7.09. The number of rotatable bonds is 6. The number of nitrogens with zero attached hydrogens (tertiary/aromatic N) is 4. The number of aryl methyl sites for hydroxylation is 1. The van der Waals surface area contributed by atoms with Gasteiger partial charge < -0.3 is 20.0 Å². The molecule has 1 N–H and O–H groups in total. The van der Waals surface area contributed by atoms with Gasteiger partial charge in [-0.05, 0) is 28.5 Å². The first-order valence-electron chi connectivity index (χ1n) is 7.46. The summed E-state index contributed by atoms with van der Waals surface area (Å²) in [6.07, 6.45) is 2.93. The van der Waals surface area contributed by atoms with Crippen LogP contribution >= 0.6 is 11.3 Å². The zero-order valence-electron chi connectivity index (χ0n) is 13.4. The molecule has 128 valence electrons. The van der Waals surface area contributed by atoms with Crippen molar-refractivity contribution in [2.75, 3.05) is 5.32 Å². The number of benzene rings is 1. The van der Waals surface area contributed by atoms with Crippen LogP contribution in [0.15, 0.2) is 42.2 Å². The number of imidazole rings is 1. The van der Waals surface area contributed by atoms with Crippen LogP contribution in [0.1, 0.15) is 16.3 Å². The fourth-order valence-electron chi connectivity index (χ4n) is 2.26. The Kier molecular flexibility index (Phi) is 4.85. The van der Waals surface area contributed by atoms with Crippen molar-refractivity contribution in [2.24, 2.45) is 0 Å². The third-order valence-corrected chi connectivity index (χ3v) is 4.38. The molecule has 0 saturated heterocycles. The van der Waals surface area contributed by atoms with Crippen LogP contribution in [-0.4, -0.2) is 25.4 Å². The lowest BCUT2D eigenvalue weighted by Crippen LogP contribution is -2.15. The van der Waals surface area contributed by atoms with Crippen LogP contribution in [0.3, 0.4) is 0 Å². The van der Waals surface area contributed by atoms with Gasteiger partial charge in [-0.2, -0.15) is 0 Å². The van der Waals surface area contributed by atoms with Gasteiger partial charge in [-0.15, -0.1) is 11.3 Å². The topological polar surface area (TPSA) is 103 Å². The van der Waals surface area contributed by atoms with E-state index in [1.807, 2.05) is 36.6 Å². The highest BCUT2D eigenvalue weighted by Crippen LogP contribution is 2.16. The van der Waals surface area contributed by atoms with E-state index in [4.69, 9.17) is 0 Å². The summed E-state index contributed by atoms with van der Waals surface area (Å²) in [5.74, 6) is -0.332. The average Bonchev–Trinajstić information content (AvgIpc) is 3.20. The van der Waals surface area contributed by atoms with Gasteiger partial charge in [0.2, 0.25) is 12.2 Å². The first-order chi connectivity index (χ1) is 12.0.